The quantitative estimate of drug-likeness (QED) is 0.594. The van der Waals surface area contributed by atoms with E-state index < -0.39 is 0 Å². The second-order valence-electron chi connectivity index (χ2n) is 7.74. The van der Waals surface area contributed by atoms with Crippen molar-refractivity contribution in [2.45, 2.75) is 45.1 Å². The number of guanidine groups is 1. The molecule has 3 rings (SSSR count). The van der Waals surface area contributed by atoms with Crippen molar-refractivity contribution in [3.63, 3.8) is 0 Å². The summed E-state index contributed by atoms with van der Waals surface area (Å²) >= 11 is 0. The van der Waals surface area contributed by atoms with Gasteiger partial charge in [0.25, 0.3) is 0 Å². The molecule has 2 unspecified atom stereocenters. The number of morpholine rings is 1. The molecule has 28 heavy (non-hydrogen) atoms. The molecule has 0 saturated carbocycles. The van der Waals surface area contributed by atoms with Crippen LogP contribution in [0.5, 0.6) is 0 Å². The first-order chi connectivity index (χ1) is 13.6. The van der Waals surface area contributed by atoms with Crippen LogP contribution in [0.2, 0.25) is 0 Å². The first-order valence-corrected chi connectivity index (χ1v) is 10.2. The lowest BCUT2D eigenvalue weighted by molar-refractivity contribution is -0.0817. The predicted octanol–water partition coefficient (Wildman–Crippen LogP) is 2.23. The molecule has 0 aliphatic carbocycles. The number of aliphatic imine (C=N–C) groups is 1. The number of ether oxygens (including phenoxy) is 2. The van der Waals surface area contributed by atoms with Gasteiger partial charge in [0.1, 0.15) is 11.9 Å². The molecule has 1 N–H and O–H groups in total. The molecular formula is C21H33FN4O2. The van der Waals surface area contributed by atoms with Crippen molar-refractivity contribution in [1.29, 1.82) is 0 Å². The summed E-state index contributed by atoms with van der Waals surface area (Å²) in [6, 6.07) is 5.27. The number of nitrogens with zero attached hydrogens (tertiary/aromatic N) is 3. The molecule has 2 aliphatic rings. The van der Waals surface area contributed by atoms with Gasteiger partial charge in [-0.15, -0.1) is 0 Å². The van der Waals surface area contributed by atoms with Crippen molar-refractivity contribution < 1.29 is 13.9 Å². The average molecular weight is 393 g/mol. The minimum atomic E-state index is -0.166. The van der Waals surface area contributed by atoms with Crippen LogP contribution < -0.4 is 5.32 Å². The van der Waals surface area contributed by atoms with Gasteiger partial charge in [-0.25, -0.2) is 9.38 Å². The molecule has 0 aromatic heterocycles. The Morgan fingerprint density at radius 1 is 1.29 bits per heavy atom. The van der Waals surface area contributed by atoms with Gasteiger partial charge >= 0.3 is 0 Å². The normalized spacial score (nSPS) is 23.5. The molecule has 0 radical (unpaired) electrons. The number of hydrogen-bond acceptors (Lipinski definition) is 4. The number of rotatable bonds is 6. The van der Waals surface area contributed by atoms with Gasteiger partial charge in [-0.1, -0.05) is 6.07 Å². The molecule has 0 spiro atoms. The predicted molar refractivity (Wildman–Crippen MR) is 109 cm³/mol. The minimum Gasteiger partial charge on any atom is -0.375 e. The number of benzene rings is 1. The lowest BCUT2D eigenvalue weighted by atomic mass is 10.1. The van der Waals surface area contributed by atoms with E-state index in [1.807, 2.05) is 31.1 Å². The monoisotopic (exact) mass is 392 g/mol. The molecular weight excluding hydrogens is 359 g/mol. The fourth-order valence-electron chi connectivity index (χ4n) is 3.77. The highest BCUT2D eigenvalue weighted by Crippen LogP contribution is 2.21. The summed E-state index contributed by atoms with van der Waals surface area (Å²) in [6.07, 6.45) is 2.46. The zero-order valence-electron chi connectivity index (χ0n) is 17.3. The van der Waals surface area contributed by atoms with Gasteiger partial charge in [0.05, 0.1) is 19.3 Å². The topological polar surface area (TPSA) is 49.3 Å². The molecule has 2 fully saturated rings. The molecule has 2 saturated heterocycles. The summed E-state index contributed by atoms with van der Waals surface area (Å²) in [7, 11) is 3.88. The fraction of sp³-hybridized carbons (Fsp3) is 0.667. The van der Waals surface area contributed by atoms with Crippen LogP contribution in [0.25, 0.3) is 0 Å². The van der Waals surface area contributed by atoms with Crippen molar-refractivity contribution in [1.82, 2.24) is 15.1 Å². The van der Waals surface area contributed by atoms with Crippen LogP contribution in [0.1, 0.15) is 30.9 Å². The molecule has 0 amide bonds. The summed E-state index contributed by atoms with van der Waals surface area (Å²) in [6.45, 7) is 7.07. The smallest absolute Gasteiger partial charge is 0.194 e. The summed E-state index contributed by atoms with van der Waals surface area (Å²) in [5.41, 5.74) is 1.71. The van der Waals surface area contributed by atoms with E-state index in [1.54, 1.807) is 6.07 Å². The largest absolute Gasteiger partial charge is 0.375 e. The van der Waals surface area contributed by atoms with E-state index in [0.717, 1.165) is 50.6 Å². The van der Waals surface area contributed by atoms with E-state index in [1.165, 1.54) is 0 Å². The van der Waals surface area contributed by atoms with E-state index in [9.17, 15) is 4.39 Å². The van der Waals surface area contributed by atoms with Crippen molar-refractivity contribution >= 4 is 5.96 Å². The Hall–Kier alpha value is -1.70. The third kappa shape index (κ3) is 5.65. The van der Waals surface area contributed by atoms with Crippen LogP contribution in [0.15, 0.2) is 23.2 Å². The van der Waals surface area contributed by atoms with E-state index in [-0.39, 0.29) is 18.0 Å². The van der Waals surface area contributed by atoms with Gasteiger partial charge in [0.15, 0.2) is 5.96 Å². The highest BCUT2D eigenvalue weighted by molar-refractivity contribution is 5.80. The molecule has 2 heterocycles. The highest BCUT2D eigenvalue weighted by atomic mass is 19.1. The summed E-state index contributed by atoms with van der Waals surface area (Å²) in [5, 5.41) is 3.39. The molecule has 1 aromatic carbocycles. The lowest BCUT2D eigenvalue weighted by Gasteiger charge is -2.37. The Balaban J connectivity index is 1.68. The van der Waals surface area contributed by atoms with Crippen molar-refractivity contribution in [2.75, 3.05) is 46.9 Å². The Bertz CT molecular complexity index is 662. The zero-order chi connectivity index (χ0) is 19.9. The second-order valence-corrected chi connectivity index (χ2v) is 7.74. The maximum Gasteiger partial charge on any atom is 0.194 e. The summed E-state index contributed by atoms with van der Waals surface area (Å²) in [5.74, 6) is 0.716. The van der Waals surface area contributed by atoms with Gasteiger partial charge in [0.2, 0.25) is 0 Å². The highest BCUT2D eigenvalue weighted by Gasteiger charge is 2.32. The number of hydrogen-bond donors (Lipinski definition) is 1. The van der Waals surface area contributed by atoms with Gasteiger partial charge < -0.3 is 24.6 Å². The van der Waals surface area contributed by atoms with Crippen LogP contribution >= 0.6 is 0 Å². The summed E-state index contributed by atoms with van der Waals surface area (Å²) < 4.78 is 25.8. The lowest BCUT2D eigenvalue weighted by Crippen LogP contribution is -2.53. The van der Waals surface area contributed by atoms with Crippen molar-refractivity contribution in [3.8, 4) is 0 Å². The Morgan fingerprint density at radius 3 is 2.82 bits per heavy atom. The third-order valence-electron chi connectivity index (χ3n) is 5.12. The molecule has 1 aromatic rings. The Kier molecular flexibility index (Phi) is 7.65. The van der Waals surface area contributed by atoms with E-state index in [0.29, 0.717) is 25.3 Å². The zero-order valence-corrected chi connectivity index (χ0v) is 17.3. The molecule has 2 atom stereocenters. The maximum absolute atomic E-state index is 14.0. The number of halogens is 1. The summed E-state index contributed by atoms with van der Waals surface area (Å²) in [4.78, 5) is 9.04. The SMILES string of the molecule is CCNC(=NCc1ccc(F)c(CN(C)C)c1)N1CCOC(C2CCCO2)C1. The maximum atomic E-state index is 14.0. The molecule has 2 aliphatic heterocycles. The van der Waals surface area contributed by atoms with Gasteiger partial charge in [-0.3, -0.25) is 0 Å². The van der Waals surface area contributed by atoms with Crippen LogP contribution in [0, 0.1) is 5.82 Å². The Labute approximate surface area is 167 Å². The van der Waals surface area contributed by atoms with Crippen LogP contribution in [-0.2, 0) is 22.6 Å². The van der Waals surface area contributed by atoms with Crippen molar-refractivity contribution in [3.05, 3.63) is 35.1 Å². The van der Waals surface area contributed by atoms with Crippen LogP contribution in [-0.4, -0.2) is 74.9 Å². The van der Waals surface area contributed by atoms with Crippen molar-refractivity contribution in [2.24, 2.45) is 4.99 Å². The second kappa shape index (κ2) is 10.2. The standard InChI is InChI=1S/C21H33FN4O2/c1-4-23-21(26-9-11-28-20(15-26)19-6-5-10-27-19)24-13-16-7-8-18(22)17(12-16)14-25(2)3/h7-8,12,19-20H,4-6,9-11,13-15H2,1-3H3,(H,23,24). The average Bonchev–Trinajstić information content (AvgIpc) is 3.22. The van der Waals surface area contributed by atoms with Gasteiger partial charge in [-0.2, -0.15) is 0 Å². The first kappa shape index (κ1) is 21.0. The third-order valence-corrected chi connectivity index (χ3v) is 5.12. The fourth-order valence-corrected chi connectivity index (χ4v) is 3.77. The number of nitrogens with one attached hydrogen (secondary N) is 1. The van der Waals surface area contributed by atoms with Crippen LogP contribution in [0.3, 0.4) is 0 Å². The molecule has 7 heteroatoms. The molecule has 6 nitrogen and oxygen atoms in total. The first-order valence-electron chi connectivity index (χ1n) is 10.2. The minimum absolute atomic E-state index is 0.0950. The van der Waals surface area contributed by atoms with E-state index in [2.05, 4.69) is 17.1 Å². The van der Waals surface area contributed by atoms with Gasteiger partial charge in [-0.05, 0) is 51.6 Å². The van der Waals surface area contributed by atoms with E-state index >= 15 is 0 Å². The Morgan fingerprint density at radius 2 is 2.11 bits per heavy atom. The van der Waals surface area contributed by atoms with Crippen LogP contribution in [0.4, 0.5) is 4.39 Å². The molecule has 0 bridgehead atoms. The van der Waals surface area contributed by atoms with Gasteiger partial charge in [0, 0.05) is 38.3 Å². The van der Waals surface area contributed by atoms with E-state index in [4.69, 9.17) is 14.5 Å². The molecule has 156 valence electrons.